The summed E-state index contributed by atoms with van der Waals surface area (Å²) in [4.78, 5) is 24.5. The summed E-state index contributed by atoms with van der Waals surface area (Å²) in [7, 11) is 0. The molecular weight excluding hydrogens is 420 g/mol. The number of carbonyl (C=O) groups is 2. The molecule has 0 radical (unpaired) electrons. The molecule has 0 bridgehead atoms. The van der Waals surface area contributed by atoms with Gasteiger partial charge in [-0.1, -0.05) is 50.2 Å². The van der Waals surface area contributed by atoms with Crippen molar-refractivity contribution in [2.45, 2.75) is 59.9 Å². The number of rotatable bonds is 6. The minimum Gasteiger partial charge on any atom is -0.383 e. The van der Waals surface area contributed by atoms with Crippen molar-refractivity contribution in [3.8, 4) is 11.3 Å². The summed E-state index contributed by atoms with van der Waals surface area (Å²) in [5.41, 5.74) is 14.3. The Labute approximate surface area is 193 Å². The van der Waals surface area contributed by atoms with E-state index in [0.717, 1.165) is 17.7 Å². The second-order valence-electron chi connectivity index (χ2n) is 10.4. The van der Waals surface area contributed by atoms with Crippen LogP contribution in [0.25, 0.3) is 11.3 Å². The minimum absolute atomic E-state index is 0.0711. The van der Waals surface area contributed by atoms with Crippen LogP contribution < -0.4 is 16.8 Å². The van der Waals surface area contributed by atoms with E-state index in [1.165, 1.54) is 0 Å². The van der Waals surface area contributed by atoms with Gasteiger partial charge in [0.05, 0.1) is 17.7 Å². The zero-order chi connectivity index (χ0) is 24.6. The maximum Gasteiger partial charge on any atom is 0.254 e. The first kappa shape index (κ1) is 24.0. The third-order valence-electron chi connectivity index (χ3n) is 4.93. The lowest BCUT2D eigenvalue weighted by Crippen LogP contribution is -2.25. The molecule has 9 heteroatoms. The SMILES string of the molecule is CC(C)(C)Cc1cc(NC(=O)Cc2ccc(-c3nn(C(C)(C)C)c(N)c3C(N)=O)cc2)on1. The molecule has 9 nitrogen and oxygen atoms in total. The zero-order valence-electron chi connectivity index (χ0n) is 20.0. The monoisotopic (exact) mass is 452 g/mol. The molecule has 0 aliphatic carbocycles. The number of nitrogens with two attached hydrogens (primary N) is 2. The van der Waals surface area contributed by atoms with Gasteiger partial charge in [0.2, 0.25) is 11.8 Å². The van der Waals surface area contributed by atoms with Crippen molar-refractivity contribution in [3.05, 3.63) is 47.2 Å². The highest BCUT2D eigenvalue weighted by Gasteiger charge is 2.26. The van der Waals surface area contributed by atoms with Crippen LogP contribution in [-0.2, 0) is 23.2 Å². The van der Waals surface area contributed by atoms with Crippen molar-refractivity contribution < 1.29 is 14.1 Å². The average molecular weight is 453 g/mol. The first-order valence-electron chi connectivity index (χ1n) is 10.8. The van der Waals surface area contributed by atoms with Gasteiger partial charge in [0.15, 0.2) is 0 Å². The molecule has 3 rings (SSSR count). The number of nitrogens with one attached hydrogen (secondary N) is 1. The molecule has 0 saturated heterocycles. The van der Waals surface area contributed by atoms with Crippen molar-refractivity contribution in [3.63, 3.8) is 0 Å². The Kier molecular flexibility index (Phi) is 6.35. The van der Waals surface area contributed by atoms with E-state index in [-0.39, 0.29) is 29.1 Å². The van der Waals surface area contributed by atoms with Crippen molar-refractivity contribution in [1.82, 2.24) is 14.9 Å². The highest BCUT2D eigenvalue weighted by atomic mass is 16.5. The van der Waals surface area contributed by atoms with E-state index in [1.54, 1.807) is 35.0 Å². The molecule has 33 heavy (non-hydrogen) atoms. The van der Waals surface area contributed by atoms with Crippen LogP contribution in [-0.4, -0.2) is 26.8 Å². The molecule has 0 spiro atoms. The number of nitrogens with zero attached hydrogens (tertiary/aromatic N) is 3. The number of aromatic nitrogens is 3. The lowest BCUT2D eigenvalue weighted by Gasteiger charge is -2.20. The number of benzene rings is 1. The van der Waals surface area contributed by atoms with E-state index < -0.39 is 11.4 Å². The lowest BCUT2D eigenvalue weighted by atomic mass is 9.91. The van der Waals surface area contributed by atoms with Crippen molar-refractivity contribution in [2.24, 2.45) is 11.1 Å². The number of primary amides is 1. The van der Waals surface area contributed by atoms with Crippen LogP contribution in [0.2, 0.25) is 0 Å². The van der Waals surface area contributed by atoms with Gasteiger partial charge in [0.25, 0.3) is 5.91 Å². The van der Waals surface area contributed by atoms with Crippen LogP contribution in [0.15, 0.2) is 34.9 Å². The van der Waals surface area contributed by atoms with Crippen LogP contribution in [0.3, 0.4) is 0 Å². The smallest absolute Gasteiger partial charge is 0.254 e. The quantitative estimate of drug-likeness (QED) is 0.520. The Morgan fingerprint density at radius 3 is 2.27 bits per heavy atom. The van der Waals surface area contributed by atoms with Crippen molar-refractivity contribution in [2.75, 3.05) is 11.1 Å². The number of hydrogen-bond acceptors (Lipinski definition) is 6. The highest BCUT2D eigenvalue weighted by molar-refractivity contribution is 6.03. The van der Waals surface area contributed by atoms with E-state index in [2.05, 4.69) is 36.3 Å². The first-order chi connectivity index (χ1) is 15.2. The predicted molar refractivity (Wildman–Crippen MR) is 128 cm³/mol. The number of anilines is 2. The van der Waals surface area contributed by atoms with Gasteiger partial charge in [-0.05, 0) is 38.2 Å². The summed E-state index contributed by atoms with van der Waals surface area (Å²) in [6.07, 6.45) is 0.896. The fourth-order valence-corrected chi connectivity index (χ4v) is 3.53. The van der Waals surface area contributed by atoms with Crippen molar-refractivity contribution >= 4 is 23.5 Å². The van der Waals surface area contributed by atoms with Crippen LogP contribution >= 0.6 is 0 Å². The summed E-state index contributed by atoms with van der Waals surface area (Å²) in [5, 5.41) is 11.3. The molecule has 2 heterocycles. The molecule has 1 aromatic carbocycles. The van der Waals surface area contributed by atoms with Crippen LogP contribution in [0.4, 0.5) is 11.7 Å². The standard InChI is InChI=1S/C24H32N6O3/c1-23(2,3)13-16-12-18(33-29-16)27-17(31)11-14-7-9-15(10-8-14)20-19(22(26)32)21(25)30(28-20)24(4,5)6/h7-10,12H,11,13,25H2,1-6H3,(H2,26,32)(H,27,31). The number of hydrogen-bond donors (Lipinski definition) is 3. The molecule has 5 N–H and O–H groups in total. The summed E-state index contributed by atoms with van der Waals surface area (Å²) in [6, 6.07) is 8.93. The highest BCUT2D eigenvalue weighted by Crippen LogP contribution is 2.31. The summed E-state index contributed by atoms with van der Waals surface area (Å²) >= 11 is 0. The maximum absolute atomic E-state index is 12.4. The first-order valence-corrected chi connectivity index (χ1v) is 10.8. The number of nitrogen functional groups attached to an aromatic ring is 1. The Hall–Kier alpha value is -3.62. The molecule has 0 fully saturated rings. The van der Waals surface area contributed by atoms with E-state index in [9.17, 15) is 9.59 Å². The normalized spacial score (nSPS) is 12.1. The molecule has 2 amide bonds. The fourth-order valence-electron chi connectivity index (χ4n) is 3.53. The molecule has 0 aliphatic rings. The topological polar surface area (TPSA) is 142 Å². The van der Waals surface area contributed by atoms with Gasteiger partial charge < -0.3 is 16.0 Å². The van der Waals surface area contributed by atoms with E-state index in [4.69, 9.17) is 16.0 Å². The molecule has 0 atom stereocenters. The Morgan fingerprint density at radius 1 is 1.09 bits per heavy atom. The lowest BCUT2D eigenvalue weighted by molar-refractivity contribution is -0.115. The average Bonchev–Trinajstić information content (AvgIpc) is 3.24. The molecule has 3 aromatic rings. The van der Waals surface area contributed by atoms with Gasteiger partial charge in [0.1, 0.15) is 17.1 Å². The maximum atomic E-state index is 12.4. The largest absolute Gasteiger partial charge is 0.383 e. The van der Waals surface area contributed by atoms with Gasteiger partial charge in [-0.15, -0.1) is 0 Å². The van der Waals surface area contributed by atoms with E-state index >= 15 is 0 Å². The third-order valence-corrected chi connectivity index (χ3v) is 4.93. The Morgan fingerprint density at radius 2 is 1.73 bits per heavy atom. The number of amides is 2. The molecule has 0 aliphatic heterocycles. The van der Waals surface area contributed by atoms with Crippen LogP contribution in [0, 0.1) is 5.41 Å². The zero-order valence-corrected chi connectivity index (χ0v) is 20.0. The molecule has 176 valence electrons. The molecular formula is C24H32N6O3. The summed E-state index contributed by atoms with van der Waals surface area (Å²) in [5.74, 6) is -0.309. The van der Waals surface area contributed by atoms with Crippen LogP contribution in [0.5, 0.6) is 0 Å². The van der Waals surface area contributed by atoms with Gasteiger partial charge >= 0.3 is 0 Å². The van der Waals surface area contributed by atoms with Gasteiger partial charge in [0, 0.05) is 11.6 Å². The van der Waals surface area contributed by atoms with Crippen molar-refractivity contribution in [1.29, 1.82) is 0 Å². The summed E-state index contributed by atoms with van der Waals surface area (Å²) in [6.45, 7) is 12.1. The van der Waals surface area contributed by atoms with Crippen LogP contribution in [0.1, 0.15) is 63.2 Å². The number of carbonyl (C=O) groups excluding carboxylic acids is 2. The second-order valence-corrected chi connectivity index (χ2v) is 10.4. The van der Waals surface area contributed by atoms with Gasteiger partial charge in [-0.3, -0.25) is 14.9 Å². The molecule has 0 saturated carbocycles. The van der Waals surface area contributed by atoms with E-state index in [1.807, 2.05) is 20.8 Å². The van der Waals surface area contributed by atoms with Gasteiger partial charge in [-0.25, -0.2) is 4.68 Å². The van der Waals surface area contributed by atoms with E-state index in [0.29, 0.717) is 17.1 Å². The van der Waals surface area contributed by atoms with Gasteiger partial charge in [-0.2, -0.15) is 5.10 Å². The Bertz CT molecular complexity index is 1160. The molecule has 2 aromatic heterocycles. The predicted octanol–water partition coefficient (Wildman–Crippen LogP) is 3.74. The third kappa shape index (κ3) is 5.79. The molecule has 0 unspecified atom stereocenters. The Balaban J connectivity index is 1.74. The fraction of sp³-hybridized carbons (Fsp3) is 0.417. The minimum atomic E-state index is -0.639. The summed E-state index contributed by atoms with van der Waals surface area (Å²) < 4.78 is 6.82. The second kappa shape index (κ2) is 8.73.